The number of rotatable bonds is 4. The van der Waals surface area contributed by atoms with E-state index in [1.807, 2.05) is 31.2 Å². The van der Waals surface area contributed by atoms with E-state index >= 15 is 0 Å². The number of nitrogens with zero attached hydrogens (tertiary/aromatic N) is 2. The molecule has 0 saturated heterocycles. The van der Waals surface area contributed by atoms with E-state index in [9.17, 15) is 4.79 Å². The summed E-state index contributed by atoms with van der Waals surface area (Å²) in [6.07, 6.45) is 2.41. The first-order chi connectivity index (χ1) is 9.06. The third kappa shape index (κ3) is 2.99. The fourth-order valence-corrected chi connectivity index (χ4v) is 1.97. The van der Waals surface area contributed by atoms with E-state index in [1.165, 1.54) is 7.11 Å². The van der Waals surface area contributed by atoms with Crippen LogP contribution >= 0.6 is 0 Å². The average molecular weight is 260 g/mol. The van der Waals surface area contributed by atoms with Gasteiger partial charge in [-0.3, -0.25) is 0 Å². The summed E-state index contributed by atoms with van der Waals surface area (Å²) < 4.78 is 9.74. The van der Waals surface area contributed by atoms with E-state index in [1.54, 1.807) is 13.2 Å². The SMILES string of the molecule is COC(=O)C1=CC(C)(Cc2ccc(OC)cc2)N=N1. The summed E-state index contributed by atoms with van der Waals surface area (Å²) in [5.74, 6) is 0.356. The molecule has 0 aliphatic carbocycles. The van der Waals surface area contributed by atoms with Crippen LogP contribution in [0, 0.1) is 0 Å². The predicted octanol–water partition coefficient (Wildman–Crippen LogP) is 2.52. The molecule has 0 spiro atoms. The summed E-state index contributed by atoms with van der Waals surface area (Å²) in [6, 6.07) is 7.75. The van der Waals surface area contributed by atoms with Crippen molar-refractivity contribution in [2.24, 2.45) is 10.2 Å². The molecule has 0 radical (unpaired) electrons. The molecule has 2 rings (SSSR count). The Morgan fingerprint density at radius 3 is 2.53 bits per heavy atom. The van der Waals surface area contributed by atoms with Gasteiger partial charge in [0.1, 0.15) is 11.3 Å². The number of hydrogen-bond acceptors (Lipinski definition) is 5. The number of azo groups is 1. The lowest BCUT2D eigenvalue weighted by Gasteiger charge is -2.16. The van der Waals surface area contributed by atoms with Gasteiger partial charge >= 0.3 is 5.97 Å². The molecule has 0 N–H and O–H groups in total. The van der Waals surface area contributed by atoms with E-state index in [4.69, 9.17) is 4.74 Å². The first kappa shape index (κ1) is 13.3. The van der Waals surface area contributed by atoms with Gasteiger partial charge in [-0.15, -0.1) is 5.11 Å². The lowest BCUT2D eigenvalue weighted by atomic mass is 9.93. The minimum atomic E-state index is -0.502. The molecule has 19 heavy (non-hydrogen) atoms. The highest BCUT2D eigenvalue weighted by Gasteiger charge is 2.29. The molecule has 1 aliphatic rings. The van der Waals surface area contributed by atoms with E-state index in [-0.39, 0.29) is 5.70 Å². The molecule has 0 amide bonds. The van der Waals surface area contributed by atoms with Crippen LogP contribution < -0.4 is 4.74 Å². The van der Waals surface area contributed by atoms with Crippen molar-refractivity contribution in [3.05, 3.63) is 41.6 Å². The van der Waals surface area contributed by atoms with E-state index in [0.29, 0.717) is 6.42 Å². The van der Waals surface area contributed by atoms with Crippen molar-refractivity contribution in [1.82, 2.24) is 0 Å². The van der Waals surface area contributed by atoms with Crippen LogP contribution in [-0.2, 0) is 16.0 Å². The van der Waals surface area contributed by atoms with Crippen LogP contribution in [0.4, 0.5) is 0 Å². The van der Waals surface area contributed by atoms with E-state index in [0.717, 1.165) is 11.3 Å². The molecular weight excluding hydrogens is 244 g/mol. The molecule has 1 aromatic carbocycles. The molecule has 1 heterocycles. The Morgan fingerprint density at radius 1 is 1.26 bits per heavy atom. The maximum absolute atomic E-state index is 11.4. The van der Waals surface area contributed by atoms with Gasteiger partial charge in [-0.1, -0.05) is 12.1 Å². The third-order valence-electron chi connectivity index (χ3n) is 2.95. The van der Waals surface area contributed by atoms with Crippen molar-refractivity contribution >= 4 is 5.97 Å². The number of carbonyl (C=O) groups is 1. The van der Waals surface area contributed by atoms with Crippen LogP contribution in [0.5, 0.6) is 5.75 Å². The minimum Gasteiger partial charge on any atom is -0.497 e. The Balaban J connectivity index is 2.12. The van der Waals surface area contributed by atoms with E-state index < -0.39 is 11.5 Å². The molecule has 5 nitrogen and oxygen atoms in total. The smallest absolute Gasteiger partial charge is 0.358 e. The van der Waals surface area contributed by atoms with Gasteiger partial charge in [0.2, 0.25) is 0 Å². The van der Waals surface area contributed by atoms with Crippen molar-refractivity contribution in [3.8, 4) is 5.75 Å². The van der Waals surface area contributed by atoms with Crippen LogP contribution in [-0.4, -0.2) is 25.7 Å². The van der Waals surface area contributed by atoms with Gasteiger partial charge in [-0.25, -0.2) is 4.79 Å². The second kappa shape index (κ2) is 5.22. The molecule has 100 valence electrons. The van der Waals surface area contributed by atoms with Crippen molar-refractivity contribution in [2.45, 2.75) is 18.9 Å². The molecule has 0 aromatic heterocycles. The van der Waals surface area contributed by atoms with E-state index in [2.05, 4.69) is 15.0 Å². The predicted molar refractivity (Wildman–Crippen MR) is 70.1 cm³/mol. The van der Waals surface area contributed by atoms with Crippen molar-refractivity contribution in [3.63, 3.8) is 0 Å². The molecule has 0 saturated carbocycles. The number of carbonyl (C=O) groups excluding carboxylic acids is 1. The van der Waals surface area contributed by atoms with Crippen molar-refractivity contribution in [2.75, 3.05) is 14.2 Å². The Kier molecular flexibility index (Phi) is 3.64. The van der Waals surface area contributed by atoms with Crippen molar-refractivity contribution in [1.29, 1.82) is 0 Å². The lowest BCUT2D eigenvalue weighted by molar-refractivity contribution is -0.136. The zero-order chi connectivity index (χ0) is 13.9. The molecule has 1 aliphatic heterocycles. The number of benzene rings is 1. The highest BCUT2D eigenvalue weighted by Crippen LogP contribution is 2.28. The third-order valence-corrected chi connectivity index (χ3v) is 2.95. The molecular formula is C14H16N2O3. The Labute approximate surface area is 111 Å². The van der Waals surface area contributed by atoms with Gasteiger partial charge in [0.15, 0.2) is 5.70 Å². The quantitative estimate of drug-likeness (QED) is 0.781. The lowest BCUT2D eigenvalue weighted by Crippen LogP contribution is -2.20. The van der Waals surface area contributed by atoms with Crippen LogP contribution in [0.3, 0.4) is 0 Å². The fraction of sp³-hybridized carbons (Fsp3) is 0.357. The van der Waals surface area contributed by atoms with Crippen LogP contribution in [0.2, 0.25) is 0 Å². The Morgan fingerprint density at radius 2 is 1.95 bits per heavy atom. The number of esters is 1. The molecule has 0 bridgehead atoms. The average Bonchev–Trinajstić information content (AvgIpc) is 2.81. The summed E-state index contributed by atoms with van der Waals surface area (Å²) in [4.78, 5) is 11.4. The maximum Gasteiger partial charge on any atom is 0.358 e. The standard InChI is InChI=1S/C14H16N2O3/c1-14(9-12(15-16-14)13(17)19-3)8-10-4-6-11(18-2)7-5-10/h4-7,9H,8H2,1-3H3. The van der Waals surface area contributed by atoms with Crippen molar-refractivity contribution < 1.29 is 14.3 Å². The fourth-order valence-electron chi connectivity index (χ4n) is 1.97. The van der Waals surface area contributed by atoms with Gasteiger partial charge < -0.3 is 9.47 Å². The zero-order valence-corrected chi connectivity index (χ0v) is 11.2. The zero-order valence-electron chi connectivity index (χ0n) is 11.2. The second-order valence-corrected chi connectivity index (χ2v) is 4.60. The molecule has 1 unspecified atom stereocenters. The van der Waals surface area contributed by atoms with Crippen LogP contribution in [0.1, 0.15) is 12.5 Å². The first-order valence-electron chi connectivity index (χ1n) is 5.93. The van der Waals surface area contributed by atoms with Gasteiger partial charge in [-0.2, -0.15) is 5.11 Å². The molecule has 1 aromatic rings. The summed E-state index contributed by atoms with van der Waals surface area (Å²) in [7, 11) is 2.96. The van der Waals surface area contributed by atoms with Gasteiger partial charge in [0, 0.05) is 6.42 Å². The Bertz CT molecular complexity index is 534. The number of ether oxygens (including phenoxy) is 2. The maximum atomic E-state index is 11.4. The largest absolute Gasteiger partial charge is 0.497 e. The summed E-state index contributed by atoms with van der Waals surface area (Å²) in [6.45, 7) is 1.93. The molecule has 1 atom stereocenters. The Hall–Kier alpha value is -2.17. The van der Waals surface area contributed by atoms with Gasteiger partial charge in [-0.05, 0) is 30.7 Å². The normalized spacial score (nSPS) is 21.1. The monoisotopic (exact) mass is 260 g/mol. The van der Waals surface area contributed by atoms with Gasteiger partial charge in [0.25, 0.3) is 0 Å². The summed E-state index contributed by atoms with van der Waals surface area (Å²) in [5, 5.41) is 8.03. The van der Waals surface area contributed by atoms with Gasteiger partial charge in [0.05, 0.1) is 14.2 Å². The van der Waals surface area contributed by atoms with Crippen LogP contribution in [0.25, 0.3) is 0 Å². The summed E-state index contributed by atoms with van der Waals surface area (Å²) in [5.41, 5.74) is 0.862. The highest BCUT2D eigenvalue weighted by molar-refractivity contribution is 5.88. The highest BCUT2D eigenvalue weighted by atomic mass is 16.5. The number of methoxy groups -OCH3 is 2. The first-order valence-corrected chi connectivity index (χ1v) is 5.93. The minimum absolute atomic E-state index is 0.263. The molecule has 0 fully saturated rings. The summed E-state index contributed by atoms with van der Waals surface area (Å²) >= 11 is 0. The number of hydrogen-bond donors (Lipinski definition) is 0. The topological polar surface area (TPSA) is 60.2 Å². The molecule has 5 heteroatoms. The van der Waals surface area contributed by atoms with Crippen LogP contribution in [0.15, 0.2) is 46.3 Å². The second-order valence-electron chi connectivity index (χ2n) is 4.60.